The van der Waals surface area contributed by atoms with Crippen LogP contribution in [0, 0.1) is 11.3 Å². The van der Waals surface area contributed by atoms with E-state index in [1.807, 2.05) is 0 Å². The first kappa shape index (κ1) is 14.8. The fourth-order valence-electron chi connectivity index (χ4n) is 1.29. The largest absolute Gasteiger partial charge is 0.360 e. The maximum Gasteiger partial charge on any atom is 0.280 e. The molecule has 0 atom stereocenters. The van der Waals surface area contributed by atoms with E-state index in [0.717, 1.165) is 16.8 Å². The van der Waals surface area contributed by atoms with E-state index in [2.05, 4.69) is 24.7 Å². The summed E-state index contributed by atoms with van der Waals surface area (Å²) in [6.07, 6.45) is -2.65. The van der Waals surface area contributed by atoms with Gasteiger partial charge in [0.2, 0.25) is 0 Å². The normalized spacial score (nSPS) is 11.8. The number of hydrogen-bond donors (Lipinski definition) is 0. The third-order valence-electron chi connectivity index (χ3n) is 2.36. The summed E-state index contributed by atoms with van der Waals surface area (Å²) in [5.74, 6) is 0. The minimum absolute atomic E-state index is 0.0147. The van der Waals surface area contributed by atoms with Crippen LogP contribution in [0.25, 0.3) is 0 Å². The molecular formula is C11H17F2N3OSi. The Morgan fingerprint density at radius 1 is 1.50 bits per heavy atom. The van der Waals surface area contributed by atoms with Gasteiger partial charge in [0.15, 0.2) is 5.69 Å². The Labute approximate surface area is 106 Å². The second-order valence-electron chi connectivity index (χ2n) is 5.21. The second kappa shape index (κ2) is 6.07. The molecule has 0 radical (unpaired) electrons. The van der Waals surface area contributed by atoms with Crippen molar-refractivity contribution in [3.63, 3.8) is 0 Å². The smallest absolute Gasteiger partial charge is 0.280 e. The van der Waals surface area contributed by atoms with Gasteiger partial charge in [0, 0.05) is 20.7 Å². The summed E-state index contributed by atoms with van der Waals surface area (Å²) in [6, 6.07) is 3.79. The van der Waals surface area contributed by atoms with Gasteiger partial charge in [0.1, 0.15) is 18.5 Å². The first-order valence-electron chi connectivity index (χ1n) is 5.67. The Balaban J connectivity index is 2.56. The number of rotatable bonds is 6. The van der Waals surface area contributed by atoms with Crippen LogP contribution in [-0.2, 0) is 11.5 Å². The number of aromatic nitrogens is 2. The van der Waals surface area contributed by atoms with Gasteiger partial charge in [-0.25, -0.2) is 13.5 Å². The minimum Gasteiger partial charge on any atom is -0.360 e. The first-order chi connectivity index (χ1) is 8.33. The number of halogens is 2. The van der Waals surface area contributed by atoms with Crippen molar-refractivity contribution in [3.05, 3.63) is 17.5 Å². The van der Waals surface area contributed by atoms with Crippen LogP contribution in [0.4, 0.5) is 8.78 Å². The first-order valence-corrected chi connectivity index (χ1v) is 9.38. The predicted molar refractivity (Wildman–Crippen MR) is 66.0 cm³/mol. The van der Waals surface area contributed by atoms with Gasteiger partial charge in [0.05, 0.1) is 0 Å². The molecule has 4 nitrogen and oxygen atoms in total. The van der Waals surface area contributed by atoms with E-state index < -0.39 is 14.5 Å². The molecule has 0 aliphatic carbocycles. The lowest BCUT2D eigenvalue weighted by molar-refractivity contribution is 0.0621. The van der Waals surface area contributed by atoms with Crippen LogP contribution in [0.2, 0.25) is 25.7 Å². The van der Waals surface area contributed by atoms with Crippen molar-refractivity contribution in [1.82, 2.24) is 9.78 Å². The van der Waals surface area contributed by atoms with Gasteiger partial charge in [-0.1, -0.05) is 19.6 Å². The Hall–Kier alpha value is -1.26. The zero-order chi connectivity index (χ0) is 13.8. The number of nitrogens with zero attached hydrogens (tertiary/aromatic N) is 3. The topological polar surface area (TPSA) is 50.8 Å². The molecule has 0 spiro atoms. The number of nitriles is 1. The SMILES string of the molecule is C[Si](C)(C)CCOCn1nc(C#N)cc1C(F)F. The maximum absolute atomic E-state index is 12.7. The molecule has 0 unspecified atom stereocenters. The van der Waals surface area contributed by atoms with Crippen molar-refractivity contribution >= 4 is 8.07 Å². The molecule has 0 amide bonds. The second-order valence-corrected chi connectivity index (χ2v) is 10.8. The summed E-state index contributed by atoms with van der Waals surface area (Å²) in [4.78, 5) is 0. The molecule has 1 aromatic rings. The molecule has 0 saturated carbocycles. The summed E-state index contributed by atoms with van der Waals surface area (Å²) < 4.78 is 31.7. The molecule has 18 heavy (non-hydrogen) atoms. The molecule has 100 valence electrons. The van der Waals surface area contributed by atoms with E-state index in [-0.39, 0.29) is 18.1 Å². The van der Waals surface area contributed by atoms with Gasteiger partial charge in [0.25, 0.3) is 6.43 Å². The average Bonchev–Trinajstić information content (AvgIpc) is 2.66. The van der Waals surface area contributed by atoms with Crippen LogP contribution in [-0.4, -0.2) is 24.5 Å². The average molecular weight is 273 g/mol. The Kier molecular flexibility index (Phi) is 4.99. The fourth-order valence-corrected chi connectivity index (χ4v) is 2.05. The highest BCUT2D eigenvalue weighted by Crippen LogP contribution is 2.19. The lowest BCUT2D eigenvalue weighted by Gasteiger charge is -2.15. The summed E-state index contributed by atoms with van der Waals surface area (Å²) in [5, 5.41) is 12.4. The van der Waals surface area contributed by atoms with Crippen molar-refractivity contribution in [1.29, 1.82) is 5.26 Å². The lowest BCUT2D eigenvalue weighted by Crippen LogP contribution is -2.22. The van der Waals surface area contributed by atoms with Crippen LogP contribution in [0.3, 0.4) is 0 Å². The molecule has 1 heterocycles. The number of ether oxygens (including phenoxy) is 1. The summed E-state index contributed by atoms with van der Waals surface area (Å²) in [7, 11) is -1.19. The third-order valence-corrected chi connectivity index (χ3v) is 4.06. The van der Waals surface area contributed by atoms with Gasteiger partial charge in [-0.15, -0.1) is 0 Å². The van der Waals surface area contributed by atoms with Crippen LogP contribution in [0.5, 0.6) is 0 Å². The zero-order valence-corrected chi connectivity index (χ0v) is 11.8. The fraction of sp³-hybridized carbons (Fsp3) is 0.636. The molecule has 0 aliphatic rings. The van der Waals surface area contributed by atoms with E-state index in [9.17, 15) is 8.78 Å². The van der Waals surface area contributed by atoms with Crippen molar-refractivity contribution in [2.24, 2.45) is 0 Å². The molecule has 1 aromatic heterocycles. The van der Waals surface area contributed by atoms with E-state index in [1.54, 1.807) is 6.07 Å². The highest BCUT2D eigenvalue weighted by Gasteiger charge is 2.17. The van der Waals surface area contributed by atoms with Crippen molar-refractivity contribution in [2.75, 3.05) is 6.61 Å². The Morgan fingerprint density at radius 2 is 2.17 bits per heavy atom. The molecule has 0 saturated heterocycles. The van der Waals surface area contributed by atoms with Gasteiger partial charge in [-0.3, -0.25) is 0 Å². The lowest BCUT2D eigenvalue weighted by atomic mass is 10.4. The number of hydrogen-bond acceptors (Lipinski definition) is 3. The molecular weight excluding hydrogens is 256 g/mol. The number of alkyl halides is 2. The summed E-state index contributed by atoms with van der Waals surface area (Å²) >= 11 is 0. The van der Waals surface area contributed by atoms with Gasteiger partial charge in [-0.2, -0.15) is 10.4 Å². The van der Waals surface area contributed by atoms with E-state index >= 15 is 0 Å². The van der Waals surface area contributed by atoms with Crippen molar-refractivity contribution in [2.45, 2.75) is 38.8 Å². The Bertz CT molecular complexity index is 434. The third kappa shape index (κ3) is 4.54. The van der Waals surface area contributed by atoms with Crippen LogP contribution < -0.4 is 0 Å². The molecule has 1 rings (SSSR count). The van der Waals surface area contributed by atoms with E-state index in [0.29, 0.717) is 6.61 Å². The molecule has 0 fully saturated rings. The molecule has 0 N–H and O–H groups in total. The van der Waals surface area contributed by atoms with Crippen molar-refractivity contribution < 1.29 is 13.5 Å². The monoisotopic (exact) mass is 273 g/mol. The van der Waals surface area contributed by atoms with Crippen LogP contribution in [0.1, 0.15) is 17.8 Å². The van der Waals surface area contributed by atoms with Crippen LogP contribution in [0.15, 0.2) is 6.07 Å². The predicted octanol–water partition coefficient (Wildman–Crippen LogP) is 3.00. The summed E-state index contributed by atoms with van der Waals surface area (Å²) in [5.41, 5.74) is -0.293. The Morgan fingerprint density at radius 3 is 2.67 bits per heavy atom. The molecule has 7 heteroatoms. The minimum atomic E-state index is -2.65. The quantitative estimate of drug-likeness (QED) is 0.591. The van der Waals surface area contributed by atoms with Crippen molar-refractivity contribution in [3.8, 4) is 6.07 Å². The van der Waals surface area contributed by atoms with Gasteiger partial charge >= 0.3 is 0 Å². The molecule has 0 bridgehead atoms. The highest BCUT2D eigenvalue weighted by molar-refractivity contribution is 6.76. The highest BCUT2D eigenvalue weighted by atomic mass is 28.3. The van der Waals surface area contributed by atoms with Gasteiger partial charge < -0.3 is 4.74 Å². The zero-order valence-electron chi connectivity index (χ0n) is 10.8. The summed E-state index contributed by atoms with van der Waals surface area (Å²) in [6.45, 7) is 7.12. The standard InChI is InChI=1S/C11H17F2N3OSi/c1-18(2,3)5-4-17-8-16-10(11(12)13)6-9(7-14)15-16/h6,11H,4-5,8H2,1-3H3. The molecule has 0 aromatic carbocycles. The van der Waals surface area contributed by atoms with E-state index in [4.69, 9.17) is 10.00 Å². The van der Waals surface area contributed by atoms with Gasteiger partial charge in [-0.05, 0) is 6.04 Å². The molecule has 0 aliphatic heterocycles. The maximum atomic E-state index is 12.7. The van der Waals surface area contributed by atoms with E-state index in [1.165, 1.54) is 0 Å². The van der Waals surface area contributed by atoms with Crippen LogP contribution >= 0.6 is 0 Å².